The monoisotopic (exact) mass is 455 g/mol. The molecule has 1 unspecified atom stereocenters. The number of carbonyl (C=O) groups is 1. The Hall–Kier alpha value is -0.470. The fourth-order valence-electron chi connectivity index (χ4n) is 2.58. The first-order valence-electron chi connectivity index (χ1n) is 6.61. The molecular formula is C14H16Br2FNO3S. The Balaban J connectivity index is 2.49. The number of halogens is 3. The summed E-state index contributed by atoms with van der Waals surface area (Å²) >= 11 is 6.52. The Kier molecular flexibility index (Phi) is 4.77. The summed E-state index contributed by atoms with van der Waals surface area (Å²) in [6.45, 7) is 4.93. The fraction of sp³-hybridized carbons (Fsp3) is 0.500. The van der Waals surface area contributed by atoms with E-state index in [1.165, 1.54) is 12.1 Å². The molecule has 2 rings (SSSR count). The second kappa shape index (κ2) is 5.87. The fourth-order valence-corrected chi connectivity index (χ4v) is 5.39. The van der Waals surface area contributed by atoms with Crippen molar-refractivity contribution in [3.63, 3.8) is 0 Å². The van der Waals surface area contributed by atoms with Gasteiger partial charge in [0.15, 0.2) is 0 Å². The van der Waals surface area contributed by atoms with Gasteiger partial charge in [-0.1, -0.05) is 44.0 Å². The molecule has 1 aromatic rings. The summed E-state index contributed by atoms with van der Waals surface area (Å²) in [4.78, 5) is 12.1. The van der Waals surface area contributed by atoms with E-state index < -0.39 is 32.5 Å². The molecule has 1 atom stereocenters. The maximum atomic E-state index is 14.3. The quantitative estimate of drug-likeness (QED) is 0.631. The summed E-state index contributed by atoms with van der Waals surface area (Å²) in [5.41, 5.74) is -0.196. The SMILES string of the molecule is CC(C)(C)N1C(=O)CC(c2ccc(C(Br)Br)cc2F)S1(=O)=O. The molecule has 0 N–H and O–H groups in total. The zero-order valence-corrected chi connectivity index (χ0v) is 16.3. The average molecular weight is 457 g/mol. The van der Waals surface area contributed by atoms with Crippen molar-refractivity contribution in [2.24, 2.45) is 0 Å². The number of alkyl halides is 2. The lowest BCUT2D eigenvalue weighted by Gasteiger charge is -2.30. The van der Waals surface area contributed by atoms with Crippen LogP contribution in [0.5, 0.6) is 0 Å². The summed E-state index contributed by atoms with van der Waals surface area (Å²) in [6.07, 6.45) is -0.234. The number of rotatable bonds is 2. The molecular weight excluding hydrogens is 441 g/mol. The van der Waals surface area contributed by atoms with Gasteiger partial charge in [0.1, 0.15) is 11.1 Å². The Labute approximate surface area is 146 Å². The van der Waals surface area contributed by atoms with E-state index in [2.05, 4.69) is 31.9 Å². The van der Waals surface area contributed by atoms with E-state index in [4.69, 9.17) is 0 Å². The molecule has 1 aliphatic heterocycles. The third-order valence-electron chi connectivity index (χ3n) is 3.43. The topological polar surface area (TPSA) is 54.5 Å². The molecule has 8 heteroatoms. The third-order valence-corrected chi connectivity index (χ3v) is 6.89. The summed E-state index contributed by atoms with van der Waals surface area (Å²) < 4.78 is 40.2. The van der Waals surface area contributed by atoms with E-state index >= 15 is 0 Å². The molecule has 0 saturated carbocycles. The highest BCUT2D eigenvalue weighted by Gasteiger charge is 2.50. The van der Waals surface area contributed by atoms with E-state index in [9.17, 15) is 17.6 Å². The minimum atomic E-state index is -3.92. The first-order chi connectivity index (χ1) is 9.96. The largest absolute Gasteiger partial charge is 0.274 e. The van der Waals surface area contributed by atoms with Gasteiger partial charge in [0.05, 0.1) is 15.7 Å². The van der Waals surface area contributed by atoms with Gasteiger partial charge in [-0.2, -0.15) is 0 Å². The number of amides is 1. The number of benzene rings is 1. The predicted molar refractivity (Wildman–Crippen MR) is 89.9 cm³/mol. The zero-order valence-electron chi connectivity index (χ0n) is 12.3. The van der Waals surface area contributed by atoms with Crippen molar-refractivity contribution >= 4 is 47.8 Å². The van der Waals surface area contributed by atoms with Gasteiger partial charge in [0.2, 0.25) is 15.9 Å². The predicted octanol–water partition coefficient (Wildman–Crippen LogP) is 4.02. The lowest BCUT2D eigenvalue weighted by molar-refractivity contribution is -0.128. The van der Waals surface area contributed by atoms with Crippen molar-refractivity contribution in [2.45, 2.75) is 41.7 Å². The summed E-state index contributed by atoms with van der Waals surface area (Å²) in [5, 5.41) is -1.17. The molecule has 1 heterocycles. The van der Waals surface area contributed by atoms with Crippen molar-refractivity contribution in [1.29, 1.82) is 0 Å². The van der Waals surface area contributed by atoms with Crippen LogP contribution in [0.2, 0.25) is 0 Å². The number of hydrogen-bond donors (Lipinski definition) is 0. The average Bonchev–Trinajstić information content (AvgIpc) is 2.58. The van der Waals surface area contributed by atoms with Gasteiger partial charge >= 0.3 is 0 Å². The molecule has 122 valence electrons. The van der Waals surface area contributed by atoms with Gasteiger partial charge in [0, 0.05) is 5.56 Å². The van der Waals surface area contributed by atoms with Gasteiger partial charge in [0.25, 0.3) is 0 Å². The van der Waals surface area contributed by atoms with Crippen LogP contribution in [0.1, 0.15) is 47.3 Å². The summed E-state index contributed by atoms with van der Waals surface area (Å²) in [7, 11) is -3.92. The Bertz CT molecular complexity index is 713. The smallest absolute Gasteiger partial charge is 0.245 e. The lowest BCUT2D eigenvalue weighted by Crippen LogP contribution is -2.45. The van der Waals surface area contributed by atoms with Crippen LogP contribution >= 0.6 is 31.9 Å². The van der Waals surface area contributed by atoms with E-state index in [0.29, 0.717) is 5.56 Å². The molecule has 0 aliphatic carbocycles. The Morgan fingerprint density at radius 3 is 2.32 bits per heavy atom. The molecule has 1 aromatic carbocycles. The molecule has 4 nitrogen and oxygen atoms in total. The van der Waals surface area contributed by atoms with Gasteiger partial charge in [-0.3, -0.25) is 4.79 Å². The van der Waals surface area contributed by atoms with Crippen molar-refractivity contribution < 1.29 is 17.6 Å². The highest BCUT2D eigenvalue weighted by atomic mass is 79.9. The lowest BCUT2D eigenvalue weighted by atomic mass is 10.0. The summed E-state index contributed by atoms with van der Waals surface area (Å²) in [6, 6.07) is 4.33. The number of hydrogen-bond acceptors (Lipinski definition) is 3. The van der Waals surface area contributed by atoms with Gasteiger partial charge in [-0.05, 0) is 32.4 Å². The van der Waals surface area contributed by atoms with Crippen LogP contribution in [0.15, 0.2) is 18.2 Å². The highest BCUT2D eigenvalue weighted by molar-refractivity contribution is 9.24. The van der Waals surface area contributed by atoms with Crippen LogP contribution < -0.4 is 0 Å². The summed E-state index contributed by atoms with van der Waals surface area (Å²) in [5.74, 6) is -1.13. The molecule has 0 radical (unpaired) electrons. The van der Waals surface area contributed by atoms with Crippen LogP contribution in [-0.2, 0) is 14.8 Å². The van der Waals surface area contributed by atoms with E-state index in [-0.39, 0.29) is 15.7 Å². The molecule has 1 amide bonds. The maximum Gasteiger partial charge on any atom is 0.245 e. The van der Waals surface area contributed by atoms with Gasteiger partial charge < -0.3 is 0 Å². The number of sulfonamides is 1. The van der Waals surface area contributed by atoms with Crippen molar-refractivity contribution in [2.75, 3.05) is 0 Å². The van der Waals surface area contributed by atoms with Crippen molar-refractivity contribution in [3.05, 3.63) is 35.1 Å². The molecule has 1 aliphatic rings. The van der Waals surface area contributed by atoms with Gasteiger partial charge in [-0.15, -0.1) is 0 Å². The first kappa shape index (κ1) is 17.9. The van der Waals surface area contributed by atoms with Crippen LogP contribution in [0.3, 0.4) is 0 Å². The molecule has 0 aromatic heterocycles. The standard InChI is InChI=1S/C14H16Br2FNO3S/c1-14(2,3)18-12(19)7-11(22(18,20)21)9-5-4-8(13(15)16)6-10(9)17/h4-6,11,13H,7H2,1-3H3. The van der Waals surface area contributed by atoms with Crippen LogP contribution in [0, 0.1) is 5.82 Å². The van der Waals surface area contributed by atoms with Crippen molar-refractivity contribution in [3.8, 4) is 0 Å². The normalized spacial score (nSPS) is 21.7. The van der Waals surface area contributed by atoms with Gasteiger partial charge in [-0.25, -0.2) is 17.1 Å². The molecule has 0 bridgehead atoms. The molecule has 0 spiro atoms. The maximum absolute atomic E-state index is 14.3. The minimum absolute atomic E-state index is 0.0319. The van der Waals surface area contributed by atoms with Crippen LogP contribution in [-0.4, -0.2) is 24.2 Å². The van der Waals surface area contributed by atoms with Crippen LogP contribution in [0.25, 0.3) is 0 Å². The number of carbonyl (C=O) groups excluding carboxylic acids is 1. The second-order valence-corrected chi connectivity index (χ2v) is 11.2. The van der Waals surface area contributed by atoms with E-state index in [1.807, 2.05) is 0 Å². The third kappa shape index (κ3) is 3.10. The zero-order chi connectivity index (χ0) is 16.9. The highest BCUT2D eigenvalue weighted by Crippen LogP contribution is 2.41. The Morgan fingerprint density at radius 2 is 1.91 bits per heavy atom. The molecule has 1 saturated heterocycles. The minimum Gasteiger partial charge on any atom is -0.274 e. The van der Waals surface area contributed by atoms with Crippen molar-refractivity contribution in [1.82, 2.24) is 4.31 Å². The van der Waals surface area contributed by atoms with Crippen LogP contribution in [0.4, 0.5) is 4.39 Å². The first-order valence-corrected chi connectivity index (χ1v) is 9.94. The number of nitrogens with zero attached hydrogens (tertiary/aromatic N) is 1. The van der Waals surface area contributed by atoms with E-state index in [1.54, 1.807) is 26.8 Å². The second-order valence-electron chi connectivity index (χ2n) is 6.15. The Morgan fingerprint density at radius 1 is 1.32 bits per heavy atom. The molecule has 22 heavy (non-hydrogen) atoms. The molecule has 1 fully saturated rings. The van der Waals surface area contributed by atoms with E-state index in [0.717, 1.165) is 4.31 Å².